The second-order valence-corrected chi connectivity index (χ2v) is 3.57. The fourth-order valence-corrected chi connectivity index (χ4v) is 1.74. The number of carbonyl (C=O) groups is 1. The highest BCUT2D eigenvalue weighted by Crippen LogP contribution is 2.21. The lowest BCUT2D eigenvalue weighted by Gasteiger charge is -2.16. The van der Waals surface area contributed by atoms with Crippen LogP contribution in [-0.2, 0) is 6.54 Å². The van der Waals surface area contributed by atoms with Crippen molar-refractivity contribution in [1.82, 2.24) is 15.1 Å². The van der Waals surface area contributed by atoms with Crippen molar-refractivity contribution >= 4 is 11.8 Å². The van der Waals surface area contributed by atoms with Crippen LogP contribution in [0.2, 0.25) is 0 Å². The highest BCUT2D eigenvalue weighted by molar-refractivity contribution is 5.91. The van der Waals surface area contributed by atoms with E-state index in [9.17, 15) is 4.79 Å². The molecule has 80 valence electrons. The first-order chi connectivity index (χ1) is 7.84. The third-order valence-corrected chi connectivity index (χ3v) is 2.52. The monoisotopic (exact) mass is 214 g/mol. The highest BCUT2D eigenvalue weighted by atomic mass is 16.2. The number of nitrogens with zero attached hydrogens (tertiary/aromatic N) is 2. The Morgan fingerprint density at radius 2 is 2.06 bits per heavy atom. The highest BCUT2D eigenvalue weighted by Gasteiger charge is 2.19. The summed E-state index contributed by atoms with van der Waals surface area (Å²) in [5.41, 5.74) is 1.93. The minimum absolute atomic E-state index is 0.190. The van der Waals surface area contributed by atoms with Gasteiger partial charge in [0, 0.05) is 12.1 Å². The SMILES string of the molecule is O=C1NCc2cnn(-c3ccccc3)c2N1. The molecule has 1 aromatic carbocycles. The molecule has 1 aliphatic heterocycles. The number of amides is 2. The predicted octanol–water partition coefficient (Wildman–Crippen LogP) is 1.51. The van der Waals surface area contributed by atoms with Gasteiger partial charge >= 0.3 is 6.03 Å². The standard InChI is InChI=1S/C11H10N4O/c16-11-12-6-8-7-13-15(10(8)14-11)9-4-2-1-3-5-9/h1-5,7H,6H2,(H2,12,14,16). The van der Waals surface area contributed by atoms with Gasteiger partial charge in [-0.05, 0) is 12.1 Å². The summed E-state index contributed by atoms with van der Waals surface area (Å²) in [4.78, 5) is 11.2. The molecule has 1 aliphatic rings. The van der Waals surface area contributed by atoms with E-state index in [1.165, 1.54) is 0 Å². The molecule has 0 unspecified atom stereocenters. The first kappa shape index (κ1) is 8.96. The van der Waals surface area contributed by atoms with Crippen molar-refractivity contribution in [1.29, 1.82) is 0 Å². The molecule has 2 N–H and O–H groups in total. The molecule has 0 spiro atoms. The van der Waals surface area contributed by atoms with Gasteiger partial charge < -0.3 is 5.32 Å². The van der Waals surface area contributed by atoms with Crippen LogP contribution >= 0.6 is 0 Å². The van der Waals surface area contributed by atoms with Crippen LogP contribution in [0.5, 0.6) is 0 Å². The molecule has 0 bridgehead atoms. The van der Waals surface area contributed by atoms with Crippen LogP contribution in [0.4, 0.5) is 10.6 Å². The minimum Gasteiger partial charge on any atom is -0.334 e. The van der Waals surface area contributed by atoms with Gasteiger partial charge in [0.25, 0.3) is 0 Å². The van der Waals surface area contributed by atoms with Gasteiger partial charge in [0.05, 0.1) is 11.9 Å². The summed E-state index contributed by atoms with van der Waals surface area (Å²) in [5.74, 6) is 0.745. The molecule has 0 radical (unpaired) electrons. The number of fused-ring (bicyclic) bond motifs is 1. The van der Waals surface area contributed by atoms with E-state index in [1.54, 1.807) is 10.9 Å². The number of hydrogen-bond acceptors (Lipinski definition) is 2. The van der Waals surface area contributed by atoms with Gasteiger partial charge in [-0.25, -0.2) is 9.48 Å². The van der Waals surface area contributed by atoms with E-state index in [2.05, 4.69) is 15.7 Å². The van der Waals surface area contributed by atoms with Gasteiger partial charge in [0.1, 0.15) is 5.82 Å². The first-order valence-corrected chi connectivity index (χ1v) is 5.02. The van der Waals surface area contributed by atoms with Gasteiger partial charge in [-0.1, -0.05) is 18.2 Å². The van der Waals surface area contributed by atoms with Crippen LogP contribution in [0.25, 0.3) is 5.69 Å². The van der Waals surface area contributed by atoms with Crippen LogP contribution < -0.4 is 10.6 Å². The second kappa shape index (κ2) is 3.37. The second-order valence-electron chi connectivity index (χ2n) is 3.57. The Labute approximate surface area is 92.1 Å². The van der Waals surface area contributed by atoms with Crippen molar-refractivity contribution in [3.05, 3.63) is 42.1 Å². The zero-order valence-corrected chi connectivity index (χ0v) is 8.47. The number of urea groups is 1. The molecule has 2 heterocycles. The maximum atomic E-state index is 11.2. The molecular formula is C11H10N4O. The molecule has 16 heavy (non-hydrogen) atoms. The third kappa shape index (κ3) is 1.33. The van der Waals surface area contributed by atoms with E-state index >= 15 is 0 Å². The number of anilines is 1. The van der Waals surface area contributed by atoms with Crippen LogP contribution in [0.1, 0.15) is 5.56 Å². The molecule has 0 saturated carbocycles. The molecule has 0 saturated heterocycles. The van der Waals surface area contributed by atoms with Crippen molar-refractivity contribution < 1.29 is 4.79 Å². The Balaban J connectivity index is 2.10. The van der Waals surface area contributed by atoms with Crippen LogP contribution in [0.15, 0.2) is 36.5 Å². The molecule has 1 aromatic heterocycles. The number of carbonyl (C=O) groups excluding carboxylic acids is 1. The van der Waals surface area contributed by atoms with Crippen LogP contribution in [0, 0.1) is 0 Å². The molecule has 2 aromatic rings. The fraction of sp³-hybridized carbons (Fsp3) is 0.0909. The van der Waals surface area contributed by atoms with Crippen molar-refractivity contribution in [2.75, 3.05) is 5.32 Å². The number of rotatable bonds is 1. The maximum Gasteiger partial charge on any atom is 0.320 e. The van der Waals surface area contributed by atoms with Gasteiger partial charge in [0.2, 0.25) is 0 Å². The zero-order valence-electron chi connectivity index (χ0n) is 8.47. The zero-order chi connectivity index (χ0) is 11.0. The average molecular weight is 214 g/mol. The first-order valence-electron chi connectivity index (χ1n) is 5.02. The summed E-state index contributed by atoms with van der Waals surface area (Å²) in [6.45, 7) is 0.522. The van der Waals surface area contributed by atoms with Crippen molar-refractivity contribution in [2.24, 2.45) is 0 Å². The van der Waals surface area contributed by atoms with Crippen molar-refractivity contribution in [3.8, 4) is 5.69 Å². The number of aromatic nitrogens is 2. The van der Waals surface area contributed by atoms with Crippen LogP contribution in [0.3, 0.4) is 0 Å². The molecule has 0 atom stereocenters. The van der Waals surface area contributed by atoms with Gasteiger partial charge in [0.15, 0.2) is 0 Å². The summed E-state index contributed by atoms with van der Waals surface area (Å²) < 4.78 is 1.73. The fourth-order valence-electron chi connectivity index (χ4n) is 1.74. The average Bonchev–Trinajstić information content (AvgIpc) is 2.73. The maximum absolute atomic E-state index is 11.2. The summed E-state index contributed by atoms with van der Waals surface area (Å²) in [5, 5.41) is 9.72. The van der Waals surface area contributed by atoms with Gasteiger partial charge in [-0.15, -0.1) is 0 Å². The Hall–Kier alpha value is -2.30. The number of hydrogen-bond donors (Lipinski definition) is 2. The molecule has 5 heteroatoms. The van der Waals surface area contributed by atoms with Gasteiger partial charge in [-0.2, -0.15) is 5.10 Å². The molecule has 5 nitrogen and oxygen atoms in total. The number of benzene rings is 1. The van der Waals surface area contributed by atoms with Crippen molar-refractivity contribution in [3.63, 3.8) is 0 Å². The van der Waals surface area contributed by atoms with E-state index in [4.69, 9.17) is 0 Å². The topological polar surface area (TPSA) is 59.0 Å². The van der Waals surface area contributed by atoms with E-state index in [1.807, 2.05) is 30.3 Å². The van der Waals surface area contributed by atoms with E-state index in [0.29, 0.717) is 6.54 Å². The lowest BCUT2D eigenvalue weighted by molar-refractivity contribution is 0.250. The third-order valence-electron chi connectivity index (χ3n) is 2.52. The van der Waals surface area contributed by atoms with E-state index < -0.39 is 0 Å². The Morgan fingerprint density at radius 1 is 1.25 bits per heavy atom. The predicted molar refractivity (Wildman–Crippen MR) is 59.4 cm³/mol. The largest absolute Gasteiger partial charge is 0.334 e. The van der Waals surface area contributed by atoms with Gasteiger partial charge in [-0.3, -0.25) is 5.32 Å². The quantitative estimate of drug-likeness (QED) is 0.755. The smallest absolute Gasteiger partial charge is 0.320 e. The summed E-state index contributed by atoms with van der Waals surface area (Å²) >= 11 is 0. The Morgan fingerprint density at radius 3 is 2.88 bits per heavy atom. The Kier molecular flexibility index (Phi) is 1.89. The van der Waals surface area contributed by atoms with Crippen LogP contribution in [-0.4, -0.2) is 15.8 Å². The lowest BCUT2D eigenvalue weighted by Crippen LogP contribution is -2.33. The number of nitrogens with one attached hydrogen (secondary N) is 2. The molecule has 3 rings (SSSR count). The molecule has 0 fully saturated rings. The van der Waals surface area contributed by atoms with Crippen molar-refractivity contribution in [2.45, 2.75) is 6.54 Å². The molecule has 0 aliphatic carbocycles. The summed E-state index contributed by atoms with van der Waals surface area (Å²) in [6, 6.07) is 9.52. The summed E-state index contributed by atoms with van der Waals surface area (Å²) in [7, 11) is 0. The normalized spacial score (nSPS) is 13.9. The Bertz CT molecular complexity index is 532. The number of para-hydroxylation sites is 1. The lowest BCUT2D eigenvalue weighted by atomic mass is 10.3. The van der Waals surface area contributed by atoms with E-state index in [-0.39, 0.29) is 6.03 Å². The minimum atomic E-state index is -0.190. The van der Waals surface area contributed by atoms with E-state index in [0.717, 1.165) is 17.1 Å². The summed E-state index contributed by atoms with van der Waals surface area (Å²) in [6.07, 6.45) is 1.76. The molecule has 2 amide bonds. The molecular weight excluding hydrogens is 204 g/mol.